The van der Waals surface area contributed by atoms with Crippen LogP contribution >= 0.6 is 0 Å². The monoisotopic (exact) mass is 271 g/mol. The lowest BCUT2D eigenvalue weighted by atomic mass is 9.85. The molecule has 3 unspecified atom stereocenters. The van der Waals surface area contributed by atoms with E-state index in [1.165, 1.54) is 0 Å². The summed E-state index contributed by atoms with van der Waals surface area (Å²) in [6.07, 6.45) is 2.88. The third-order valence-corrected chi connectivity index (χ3v) is 5.23. The highest BCUT2D eigenvalue weighted by molar-refractivity contribution is 5.87. The molecule has 1 saturated carbocycles. The highest BCUT2D eigenvalue weighted by Crippen LogP contribution is 2.72. The Morgan fingerprint density at radius 3 is 2.90 bits per heavy atom. The summed E-state index contributed by atoms with van der Waals surface area (Å²) in [5.74, 6) is 7.17. The number of esters is 1. The van der Waals surface area contributed by atoms with Crippen molar-refractivity contribution in [1.82, 2.24) is 4.57 Å². The van der Waals surface area contributed by atoms with Crippen molar-refractivity contribution in [2.24, 2.45) is 29.7 Å². The fraction of sp³-hybridized carbons (Fsp3) is 0.588. The first-order chi connectivity index (χ1) is 9.38. The van der Waals surface area contributed by atoms with Gasteiger partial charge in [0.2, 0.25) is 0 Å². The van der Waals surface area contributed by atoms with E-state index in [1.807, 2.05) is 19.3 Å². The Morgan fingerprint density at radius 2 is 2.25 bits per heavy atom. The molecule has 106 valence electrons. The van der Waals surface area contributed by atoms with Crippen LogP contribution in [0.2, 0.25) is 0 Å². The van der Waals surface area contributed by atoms with Gasteiger partial charge in [0.15, 0.2) is 0 Å². The molecular formula is C17H21NO2. The number of hydrogen-bond acceptors (Lipinski definition) is 2. The minimum atomic E-state index is -0.237. The molecular weight excluding hydrogens is 250 g/mol. The van der Waals surface area contributed by atoms with Crippen molar-refractivity contribution in [3.8, 4) is 11.8 Å². The van der Waals surface area contributed by atoms with Crippen molar-refractivity contribution in [1.29, 1.82) is 0 Å². The summed E-state index contributed by atoms with van der Waals surface area (Å²) in [6, 6.07) is 3.64. The maximum atomic E-state index is 12.1. The molecule has 1 aromatic rings. The van der Waals surface area contributed by atoms with Gasteiger partial charge < -0.3 is 9.30 Å². The number of aromatic nitrogens is 1. The summed E-state index contributed by atoms with van der Waals surface area (Å²) in [4.78, 5) is 12.1. The van der Waals surface area contributed by atoms with Crippen LogP contribution in [0.3, 0.4) is 0 Å². The first-order valence-electron chi connectivity index (χ1n) is 7.18. The summed E-state index contributed by atoms with van der Waals surface area (Å²) < 4.78 is 7.40. The van der Waals surface area contributed by atoms with E-state index in [0.29, 0.717) is 24.1 Å². The van der Waals surface area contributed by atoms with E-state index in [4.69, 9.17) is 4.74 Å². The van der Waals surface area contributed by atoms with E-state index in [-0.39, 0.29) is 16.8 Å². The summed E-state index contributed by atoms with van der Waals surface area (Å²) in [5.41, 5.74) is 0.809. The summed E-state index contributed by atoms with van der Waals surface area (Å²) in [5, 5.41) is 0. The normalized spacial score (nSPS) is 32.8. The van der Waals surface area contributed by atoms with Gasteiger partial charge in [0.05, 0.1) is 6.61 Å². The fourth-order valence-electron chi connectivity index (χ4n) is 3.73. The Morgan fingerprint density at radius 1 is 1.50 bits per heavy atom. The molecule has 2 aliphatic carbocycles. The molecule has 0 amide bonds. The number of hydrogen-bond donors (Lipinski definition) is 0. The quantitative estimate of drug-likeness (QED) is 0.625. The van der Waals surface area contributed by atoms with Gasteiger partial charge in [-0.25, -0.2) is 4.79 Å². The number of carbonyl (C=O) groups excluding carboxylic acids is 1. The van der Waals surface area contributed by atoms with Crippen LogP contribution in [0.15, 0.2) is 18.3 Å². The Balaban J connectivity index is 1.72. The number of ether oxygens (including phenoxy) is 1. The topological polar surface area (TPSA) is 31.2 Å². The van der Waals surface area contributed by atoms with Crippen LogP contribution in [-0.2, 0) is 11.8 Å². The highest BCUT2D eigenvalue weighted by atomic mass is 16.5. The lowest BCUT2D eigenvalue weighted by molar-refractivity contribution is 0.0342. The largest absolute Gasteiger partial charge is 0.460 e. The number of aryl methyl sites for hydroxylation is 1. The lowest BCUT2D eigenvalue weighted by Gasteiger charge is -2.23. The third kappa shape index (κ3) is 1.71. The van der Waals surface area contributed by atoms with Crippen LogP contribution in [-0.4, -0.2) is 17.1 Å². The van der Waals surface area contributed by atoms with Gasteiger partial charge in [-0.1, -0.05) is 32.6 Å². The zero-order chi connectivity index (χ0) is 14.5. The first-order valence-corrected chi connectivity index (χ1v) is 7.18. The average Bonchev–Trinajstić information content (AvgIpc) is 2.71. The molecule has 1 fully saturated rings. The maximum absolute atomic E-state index is 12.1. The van der Waals surface area contributed by atoms with E-state index in [0.717, 1.165) is 6.42 Å². The number of nitrogens with zero attached hydrogens (tertiary/aromatic N) is 1. The average molecular weight is 271 g/mol. The van der Waals surface area contributed by atoms with E-state index < -0.39 is 0 Å². The van der Waals surface area contributed by atoms with Crippen molar-refractivity contribution in [2.45, 2.75) is 27.2 Å². The second-order valence-corrected chi connectivity index (χ2v) is 6.79. The SMILES string of the molecule is CC1C#CC2C(C)(C)C2(COC(=O)c2cccn2C)C1. The molecule has 3 nitrogen and oxygen atoms in total. The second kappa shape index (κ2) is 4.15. The molecule has 2 aliphatic rings. The molecule has 3 rings (SSSR count). The summed E-state index contributed by atoms with van der Waals surface area (Å²) >= 11 is 0. The minimum absolute atomic E-state index is 0.0541. The Labute approximate surface area is 120 Å². The predicted molar refractivity (Wildman–Crippen MR) is 77.0 cm³/mol. The Bertz CT molecular complexity index is 616. The molecule has 3 atom stereocenters. The molecule has 0 spiro atoms. The van der Waals surface area contributed by atoms with Crippen molar-refractivity contribution < 1.29 is 9.53 Å². The Hall–Kier alpha value is -1.69. The molecule has 1 heterocycles. The van der Waals surface area contributed by atoms with Crippen molar-refractivity contribution in [3.63, 3.8) is 0 Å². The molecule has 0 bridgehead atoms. The van der Waals surface area contributed by atoms with Crippen LogP contribution in [0.25, 0.3) is 0 Å². The molecule has 0 N–H and O–H groups in total. The molecule has 1 aromatic heterocycles. The summed E-state index contributed by atoms with van der Waals surface area (Å²) in [6.45, 7) is 7.10. The molecule has 0 aliphatic heterocycles. The zero-order valence-corrected chi connectivity index (χ0v) is 12.6. The van der Waals surface area contributed by atoms with Crippen LogP contribution in [0.1, 0.15) is 37.7 Å². The molecule has 0 aromatic carbocycles. The van der Waals surface area contributed by atoms with E-state index in [1.54, 1.807) is 10.6 Å². The Kier molecular flexibility index (Phi) is 2.76. The molecule has 20 heavy (non-hydrogen) atoms. The first kappa shape index (κ1) is 13.3. The number of rotatable bonds is 3. The van der Waals surface area contributed by atoms with Crippen molar-refractivity contribution >= 4 is 5.97 Å². The predicted octanol–water partition coefficient (Wildman–Crippen LogP) is 2.87. The lowest BCUT2D eigenvalue weighted by Crippen LogP contribution is -2.24. The van der Waals surface area contributed by atoms with Gasteiger partial charge in [-0.15, -0.1) is 0 Å². The zero-order valence-electron chi connectivity index (χ0n) is 12.6. The molecule has 0 saturated heterocycles. The smallest absolute Gasteiger partial charge is 0.354 e. The van der Waals surface area contributed by atoms with E-state index in [9.17, 15) is 4.79 Å². The van der Waals surface area contributed by atoms with Gasteiger partial charge in [0.1, 0.15) is 5.69 Å². The number of carbonyl (C=O) groups is 1. The third-order valence-electron chi connectivity index (χ3n) is 5.23. The van der Waals surface area contributed by atoms with E-state index >= 15 is 0 Å². The van der Waals surface area contributed by atoms with Gasteiger partial charge in [0, 0.05) is 30.5 Å². The molecule has 0 radical (unpaired) electrons. The highest BCUT2D eigenvalue weighted by Gasteiger charge is 2.71. The van der Waals surface area contributed by atoms with Crippen LogP contribution in [0, 0.1) is 34.5 Å². The maximum Gasteiger partial charge on any atom is 0.354 e. The van der Waals surface area contributed by atoms with Gasteiger partial charge in [-0.05, 0) is 24.0 Å². The van der Waals surface area contributed by atoms with E-state index in [2.05, 4.69) is 32.6 Å². The summed E-state index contributed by atoms with van der Waals surface area (Å²) in [7, 11) is 1.85. The van der Waals surface area contributed by atoms with Gasteiger partial charge >= 0.3 is 5.97 Å². The van der Waals surface area contributed by atoms with Crippen LogP contribution < -0.4 is 0 Å². The van der Waals surface area contributed by atoms with Crippen LogP contribution in [0.4, 0.5) is 0 Å². The standard InChI is InChI=1S/C17H21NO2/c1-12-7-8-14-16(2,3)17(14,10-12)11-20-15(19)13-6-5-9-18(13)4/h5-6,9,12,14H,10-11H2,1-4H3. The van der Waals surface area contributed by atoms with Gasteiger partial charge in [0.25, 0.3) is 0 Å². The van der Waals surface area contributed by atoms with Crippen LogP contribution in [0.5, 0.6) is 0 Å². The van der Waals surface area contributed by atoms with Crippen molar-refractivity contribution in [2.75, 3.05) is 6.61 Å². The fourth-order valence-corrected chi connectivity index (χ4v) is 3.73. The van der Waals surface area contributed by atoms with Gasteiger partial charge in [-0.3, -0.25) is 0 Å². The number of fused-ring (bicyclic) bond motifs is 1. The minimum Gasteiger partial charge on any atom is -0.460 e. The second-order valence-electron chi connectivity index (χ2n) is 6.79. The van der Waals surface area contributed by atoms with Gasteiger partial charge in [-0.2, -0.15) is 0 Å². The van der Waals surface area contributed by atoms with Crippen molar-refractivity contribution in [3.05, 3.63) is 24.0 Å². The molecule has 3 heteroatoms.